The summed E-state index contributed by atoms with van der Waals surface area (Å²) in [5.41, 5.74) is 2.33. The Labute approximate surface area is 236 Å². The second-order valence-electron chi connectivity index (χ2n) is 9.75. The molecule has 0 bridgehead atoms. The van der Waals surface area contributed by atoms with Crippen molar-refractivity contribution in [1.29, 1.82) is 0 Å². The highest BCUT2D eigenvalue weighted by Gasteiger charge is 2.34. The van der Waals surface area contributed by atoms with E-state index >= 15 is 0 Å². The number of benzene rings is 3. The summed E-state index contributed by atoms with van der Waals surface area (Å²) in [5, 5.41) is 6.59. The Hall–Kier alpha value is -3.66. The maximum Gasteiger partial charge on any atom is 0.262 e. The van der Waals surface area contributed by atoms with Gasteiger partial charge in [0.25, 0.3) is 11.8 Å². The lowest BCUT2D eigenvalue weighted by Crippen LogP contribution is -2.46. The van der Waals surface area contributed by atoms with Crippen LogP contribution in [0.2, 0.25) is 5.02 Å². The zero-order chi connectivity index (χ0) is 28.1. The average Bonchev–Trinajstić information content (AvgIpc) is 3.42. The smallest absolute Gasteiger partial charge is 0.262 e. The molecule has 10 heteroatoms. The lowest BCUT2D eigenvalue weighted by molar-refractivity contribution is -0.133. The molecular formula is C30H29ClF2N4O3. The molecule has 2 amide bonds. The van der Waals surface area contributed by atoms with E-state index in [0.29, 0.717) is 42.5 Å². The van der Waals surface area contributed by atoms with Crippen molar-refractivity contribution >= 4 is 29.1 Å². The van der Waals surface area contributed by atoms with Crippen molar-refractivity contribution in [1.82, 2.24) is 14.8 Å². The van der Waals surface area contributed by atoms with Crippen LogP contribution in [0.1, 0.15) is 33.9 Å². The fraction of sp³-hybridized carbons (Fsp3) is 0.300. The first-order valence-electron chi connectivity index (χ1n) is 13.1. The van der Waals surface area contributed by atoms with E-state index in [-0.39, 0.29) is 30.4 Å². The first kappa shape index (κ1) is 27.9. The SMILES string of the molecule is O=C(c1cccc(F)c1)N(CCN1CCOCC1)CC(=O)N1N=C(c2ccc(F)cc2)C[C@H]1c1ccc(Cl)cc1. The summed E-state index contributed by atoms with van der Waals surface area (Å²) in [6.07, 6.45) is 0.407. The van der Waals surface area contributed by atoms with Crippen LogP contribution in [0.15, 0.2) is 77.9 Å². The molecule has 3 aromatic carbocycles. The standard InChI is InChI=1S/C30H29ClF2N4O3/c31-24-8-4-22(5-9-24)28-19-27(21-6-10-25(32)11-7-21)34-37(28)29(38)20-36(13-12-35-14-16-40-17-15-35)30(39)23-2-1-3-26(33)18-23/h1-11,18,28H,12-17,19-20H2/t28-/m0/s1. The Kier molecular flexibility index (Phi) is 8.84. The number of hydrazone groups is 1. The third-order valence-corrected chi connectivity index (χ3v) is 7.32. The van der Waals surface area contributed by atoms with E-state index in [9.17, 15) is 18.4 Å². The van der Waals surface area contributed by atoms with Crippen molar-refractivity contribution in [3.8, 4) is 0 Å². The topological polar surface area (TPSA) is 65.5 Å². The average molecular weight is 567 g/mol. The number of carbonyl (C=O) groups is 2. The van der Waals surface area contributed by atoms with Crippen molar-refractivity contribution < 1.29 is 23.1 Å². The van der Waals surface area contributed by atoms with E-state index in [2.05, 4.69) is 10.0 Å². The molecule has 40 heavy (non-hydrogen) atoms. The van der Waals surface area contributed by atoms with Crippen LogP contribution in [-0.2, 0) is 9.53 Å². The fourth-order valence-corrected chi connectivity index (χ4v) is 5.01. The number of rotatable bonds is 8. The molecule has 2 heterocycles. The maximum atomic E-state index is 14.0. The van der Waals surface area contributed by atoms with Crippen LogP contribution in [0.5, 0.6) is 0 Å². The highest BCUT2D eigenvalue weighted by molar-refractivity contribution is 6.30. The molecule has 0 spiro atoms. The molecule has 1 saturated heterocycles. The van der Waals surface area contributed by atoms with Crippen molar-refractivity contribution in [2.75, 3.05) is 45.9 Å². The molecule has 0 radical (unpaired) electrons. The minimum atomic E-state index is -0.527. The predicted molar refractivity (Wildman–Crippen MR) is 148 cm³/mol. The summed E-state index contributed by atoms with van der Waals surface area (Å²) in [6, 6.07) is 18.1. The number of hydrogen-bond acceptors (Lipinski definition) is 5. The van der Waals surface area contributed by atoms with Gasteiger partial charge in [-0.3, -0.25) is 14.5 Å². The van der Waals surface area contributed by atoms with Crippen LogP contribution in [-0.4, -0.2) is 78.3 Å². The summed E-state index contributed by atoms with van der Waals surface area (Å²) < 4.78 is 32.9. The van der Waals surface area contributed by atoms with Crippen molar-refractivity contribution in [3.05, 3.63) is 106 Å². The summed E-state index contributed by atoms with van der Waals surface area (Å²) in [6.45, 7) is 3.24. The van der Waals surface area contributed by atoms with E-state index in [0.717, 1.165) is 18.7 Å². The first-order valence-corrected chi connectivity index (χ1v) is 13.5. The van der Waals surface area contributed by atoms with E-state index in [1.54, 1.807) is 24.3 Å². The number of morpholine rings is 1. The zero-order valence-electron chi connectivity index (χ0n) is 21.8. The largest absolute Gasteiger partial charge is 0.379 e. The summed E-state index contributed by atoms with van der Waals surface area (Å²) in [5.74, 6) is -1.72. The first-order chi connectivity index (χ1) is 19.4. The molecule has 7 nitrogen and oxygen atoms in total. The van der Waals surface area contributed by atoms with Gasteiger partial charge < -0.3 is 9.64 Å². The quantitative estimate of drug-likeness (QED) is 0.394. The monoisotopic (exact) mass is 566 g/mol. The van der Waals surface area contributed by atoms with Gasteiger partial charge in [-0.2, -0.15) is 5.10 Å². The van der Waals surface area contributed by atoms with Crippen molar-refractivity contribution in [2.45, 2.75) is 12.5 Å². The Balaban J connectivity index is 1.41. The molecule has 0 aliphatic carbocycles. The van der Waals surface area contributed by atoms with Crippen molar-refractivity contribution in [3.63, 3.8) is 0 Å². The Morgan fingerprint density at radius 3 is 2.40 bits per heavy atom. The number of carbonyl (C=O) groups excluding carboxylic acids is 2. The molecule has 0 aromatic heterocycles. The fourth-order valence-electron chi connectivity index (χ4n) is 4.88. The number of hydrogen-bond donors (Lipinski definition) is 0. The number of amides is 2. The molecular weight excluding hydrogens is 538 g/mol. The van der Waals surface area contributed by atoms with Gasteiger partial charge in [-0.1, -0.05) is 41.9 Å². The van der Waals surface area contributed by atoms with Crippen LogP contribution in [0.4, 0.5) is 8.78 Å². The lowest BCUT2D eigenvalue weighted by atomic mass is 9.98. The molecule has 208 valence electrons. The lowest BCUT2D eigenvalue weighted by Gasteiger charge is -2.31. The highest BCUT2D eigenvalue weighted by atomic mass is 35.5. The van der Waals surface area contributed by atoms with Gasteiger partial charge >= 0.3 is 0 Å². The van der Waals surface area contributed by atoms with E-state index in [1.807, 2.05) is 12.1 Å². The molecule has 2 aliphatic rings. The van der Waals surface area contributed by atoms with Gasteiger partial charge in [-0.05, 0) is 53.6 Å². The summed E-state index contributed by atoms with van der Waals surface area (Å²) >= 11 is 6.10. The molecule has 0 unspecified atom stereocenters. The summed E-state index contributed by atoms with van der Waals surface area (Å²) in [4.78, 5) is 30.9. The Morgan fingerprint density at radius 1 is 0.975 bits per heavy atom. The van der Waals surface area contributed by atoms with Gasteiger partial charge in [0.1, 0.15) is 18.2 Å². The number of halogens is 3. The van der Waals surface area contributed by atoms with Crippen LogP contribution in [0.3, 0.4) is 0 Å². The van der Waals surface area contributed by atoms with E-state index in [4.69, 9.17) is 16.3 Å². The van der Waals surface area contributed by atoms with Gasteiger partial charge in [0.2, 0.25) is 0 Å². The van der Waals surface area contributed by atoms with Crippen LogP contribution < -0.4 is 0 Å². The molecule has 3 aromatic rings. The maximum absolute atomic E-state index is 14.0. The number of ether oxygens (including phenoxy) is 1. The van der Waals surface area contributed by atoms with Crippen LogP contribution >= 0.6 is 11.6 Å². The normalized spacial score (nSPS) is 17.5. The Bertz CT molecular complexity index is 1380. The van der Waals surface area contributed by atoms with Crippen LogP contribution in [0, 0.1) is 11.6 Å². The van der Waals surface area contributed by atoms with Gasteiger partial charge in [0.15, 0.2) is 0 Å². The molecule has 1 fully saturated rings. The van der Waals surface area contributed by atoms with Gasteiger partial charge in [-0.25, -0.2) is 13.8 Å². The molecule has 0 saturated carbocycles. The van der Waals surface area contributed by atoms with Crippen molar-refractivity contribution in [2.24, 2.45) is 5.10 Å². The van der Waals surface area contributed by atoms with E-state index < -0.39 is 17.8 Å². The number of nitrogens with zero attached hydrogens (tertiary/aromatic N) is 4. The molecule has 2 aliphatic heterocycles. The van der Waals surface area contributed by atoms with Crippen LogP contribution in [0.25, 0.3) is 0 Å². The van der Waals surface area contributed by atoms with E-state index in [1.165, 1.54) is 46.3 Å². The second kappa shape index (κ2) is 12.7. The van der Waals surface area contributed by atoms with Gasteiger partial charge in [-0.15, -0.1) is 0 Å². The predicted octanol–water partition coefficient (Wildman–Crippen LogP) is 4.77. The minimum Gasteiger partial charge on any atom is -0.379 e. The summed E-state index contributed by atoms with van der Waals surface area (Å²) in [7, 11) is 0. The van der Waals surface area contributed by atoms with Gasteiger partial charge in [0, 0.05) is 43.2 Å². The molecule has 0 N–H and O–H groups in total. The zero-order valence-corrected chi connectivity index (χ0v) is 22.6. The highest BCUT2D eigenvalue weighted by Crippen LogP contribution is 2.33. The third kappa shape index (κ3) is 6.72. The molecule has 5 rings (SSSR count). The second-order valence-corrected chi connectivity index (χ2v) is 10.2. The van der Waals surface area contributed by atoms with Gasteiger partial charge in [0.05, 0.1) is 25.0 Å². The minimum absolute atomic E-state index is 0.168. The Morgan fingerprint density at radius 2 is 1.70 bits per heavy atom. The third-order valence-electron chi connectivity index (χ3n) is 7.07. The molecule has 1 atom stereocenters.